The van der Waals surface area contributed by atoms with Crippen molar-refractivity contribution in [1.29, 1.82) is 0 Å². The van der Waals surface area contributed by atoms with Crippen molar-refractivity contribution in [1.82, 2.24) is 15.5 Å². The van der Waals surface area contributed by atoms with E-state index in [1.807, 2.05) is 24.3 Å². The normalized spacial score (nSPS) is 16.7. The lowest BCUT2D eigenvalue weighted by Gasteiger charge is -2.16. The van der Waals surface area contributed by atoms with Crippen molar-refractivity contribution >= 4 is 47.4 Å². The van der Waals surface area contributed by atoms with Crippen LogP contribution in [0.15, 0.2) is 29.3 Å². The van der Waals surface area contributed by atoms with Crippen molar-refractivity contribution in [2.45, 2.75) is 12.8 Å². The number of ether oxygens (including phenoxy) is 1. The van der Waals surface area contributed by atoms with E-state index >= 15 is 0 Å². The van der Waals surface area contributed by atoms with E-state index in [0.717, 1.165) is 43.2 Å². The average Bonchev–Trinajstić information content (AvgIpc) is 3.10. The number of amides is 1. The van der Waals surface area contributed by atoms with Gasteiger partial charge in [0.2, 0.25) is 5.91 Å². The first-order valence-electron chi connectivity index (χ1n) is 8.59. The van der Waals surface area contributed by atoms with Crippen LogP contribution in [0.3, 0.4) is 0 Å². The minimum Gasteiger partial charge on any atom is -0.381 e. The highest BCUT2D eigenvalue weighted by atomic mass is 127. The van der Waals surface area contributed by atoms with Crippen molar-refractivity contribution in [3.63, 3.8) is 0 Å². The van der Waals surface area contributed by atoms with Crippen LogP contribution in [0.2, 0.25) is 5.02 Å². The van der Waals surface area contributed by atoms with Crippen molar-refractivity contribution in [3.8, 4) is 0 Å². The third kappa shape index (κ3) is 8.55. The number of carbonyl (C=O) groups is 1. The van der Waals surface area contributed by atoms with Gasteiger partial charge in [-0.2, -0.15) is 0 Å². The third-order valence-corrected chi connectivity index (χ3v) is 4.28. The van der Waals surface area contributed by atoms with Crippen LogP contribution >= 0.6 is 35.6 Å². The topological polar surface area (TPSA) is 66.0 Å². The number of rotatable bonds is 7. The SMILES string of the molecule is CN(C)C(=O)CN=C(NCCc1cccc(Cl)c1)NCC1CCOC1.I. The lowest BCUT2D eigenvalue weighted by Crippen LogP contribution is -2.41. The molecule has 2 rings (SSSR count). The van der Waals surface area contributed by atoms with Gasteiger partial charge < -0.3 is 20.3 Å². The largest absolute Gasteiger partial charge is 0.381 e. The van der Waals surface area contributed by atoms with Gasteiger partial charge in [-0.05, 0) is 30.5 Å². The number of nitrogens with one attached hydrogen (secondary N) is 2. The molecule has 0 aliphatic carbocycles. The Bertz CT molecular complexity index is 592. The first kappa shape index (κ1) is 23.0. The minimum atomic E-state index is -0.0276. The predicted molar refractivity (Wildman–Crippen MR) is 116 cm³/mol. The van der Waals surface area contributed by atoms with Crippen molar-refractivity contribution < 1.29 is 9.53 Å². The fourth-order valence-electron chi connectivity index (χ4n) is 2.47. The van der Waals surface area contributed by atoms with Gasteiger partial charge in [0.1, 0.15) is 6.54 Å². The zero-order valence-corrected chi connectivity index (χ0v) is 18.4. The molecule has 146 valence electrons. The number of guanidine groups is 1. The summed E-state index contributed by atoms with van der Waals surface area (Å²) in [6.07, 6.45) is 1.88. The summed E-state index contributed by atoms with van der Waals surface area (Å²) < 4.78 is 5.40. The van der Waals surface area contributed by atoms with Crippen LogP contribution < -0.4 is 10.6 Å². The Labute approximate surface area is 177 Å². The molecule has 1 unspecified atom stereocenters. The van der Waals surface area contributed by atoms with Crippen LogP contribution in [0.25, 0.3) is 0 Å². The third-order valence-electron chi connectivity index (χ3n) is 4.05. The van der Waals surface area contributed by atoms with Gasteiger partial charge in [0.25, 0.3) is 0 Å². The number of nitrogens with zero attached hydrogens (tertiary/aromatic N) is 2. The molecule has 1 aromatic rings. The molecule has 1 amide bonds. The van der Waals surface area contributed by atoms with Crippen molar-refractivity contribution in [3.05, 3.63) is 34.9 Å². The lowest BCUT2D eigenvalue weighted by molar-refractivity contribution is -0.127. The monoisotopic (exact) mass is 494 g/mol. The Hall–Kier alpha value is -1.06. The van der Waals surface area contributed by atoms with Gasteiger partial charge in [-0.1, -0.05) is 23.7 Å². The predicted octanol–water partition coefficient (Wildman–Crippen LogP) is 2.16. The van der Waals surface area contributed by atoms with Gasteiger partial charge >= 0.3 is 0 Å². The summed E-state index contributed by atoms with van der Waals surface area (Å²) in [6, 6.07) is 7.81. The highest BCUT2D eigenvalue weighted by Crippen LogP contribution is 2.11. The fourth-order valence-corrected chi connectivity index (χ4v) is 2.68. The number of benzene rings is 1. The van der Waals surface area contributed by atoms with Crippen LogP contribution in [-0.2, 0) is 16.0 Å². The Morgan fingerprint density at radius 3 is 2.85 bits per heavy atom. The number of likely N-dealkylation sites (N-methyl/N-ethyl adjacent to an activating group) is 1. The molecule has 0 spiro atoms. The second-order valence-corrected chi connectivity index (χ2v) is 6.81. The molecule has 1 atom stereocenters. The van der Waals surface area contributed by atoms with Gasteiger partial charge in [-0.3, -0.25) is 4.79 Å². The summed E-state index contributed by atoms with van der Waals surface area (Å²) in [7, 11) is 3.46. The van der Waals surface area contributed by atoms with Gasteiger partial charge in [-0.15, -0.1) is 24.0 Å². The van der Waals surface area contributed by atoms with Gasteiger partial charge in [0.15, 0.2) is 5.96 Å². The van der Waals surface area contributed by atoms with E-state index in [-0.39, 0.29) is 36.4 Å². The number of carbonyl (C=O) groups excluding carboxylic acids is 1. The van der Waals surface area contributed by atoms with E-state index in [1.54, 1.807) is 14.1 Å². The Balaban J connectivity index is 0.00000338. The maximum Gasteiger partial charge on any atom is 0.243 e. The lowest BCUT2D eigenvalue weighted by atomic mass is 10.1. The molecule has 2 N–H and O–H groups in total. The van der Waals surface area contributed by atoms with E-state index in [1.165, 1.54) is 4.90 Å². The first-order valence-corrected chi connectivity index (χ1v) is 8.97. The summed E-state index contributed by atoms with van der Waals surface area (Å²) in [4.78, 5) is 17.7. The molecular weight excluding hydrogens is 467 g/mol. The molecular formula is C18H28ClIN4O2. The Kier molecular flexibility index (Phi) is 10.9. The number of halogens is 2. The van der Waals surface area contributed by atoms with Crippen LogP contribution in [0.1, 0.15) is 12.0 Å². The molecule has 26 heavy (non-hydrogen) atoms. The molecule has 0 saturated carbocycles. The smallest absolute Gasteiger partial charge is 0.243 e. The maximum atomic E-state index is 11.8. The van der Waals surface area contributed by atoms with Crippen LogP contribution in [0, 0.1) is 5.92 Å². The second-order valence-electron chi connectivity index (χ2n) is 6.37. The molecule has 1 aromatic carbocycles. The summed E-state index contributed by atoms with van der Waals surface area (Å²) >= 11 is 6.01. The molecule has 1 heterocycles. The Morgan fingerprint density at radius 1 is 1.38 bits per heavy atom. The standard InChI is InChI=1S/C18H27ClN4O2.HI/c1-23(2)17(24)12-22-18(21-11-15-7-9-25-13-15)20-8-6-14-4-3-5-16(19)10-14;/h3-5,10,15H,6-9,11-13H2,1-2H3,(H2,20,21,22);1H. The summed E-state index contributed by atoms with van der Waals surface area (Å²) in [6.45, 7) is 3.23. The summed E-state index contributed by atoms with van der Waals surface area (Å²) in [5.41, 5.74) is 1.16. The van der Waals surface area contributed by atoms with Crippen molar-refractivity contribution in [2.75, 3.05) is 46.9 Å². The number of aliphatic imine (C=N–C) groups is 1. The minimum absolute atomic E-state index is 0. The molecule has 1 aliphatic heterocycles. The summed E-state index contributed by atoms with van der Waals surface area (Å²) in [5.74, 6) is 1.12. The van der Waals surface area contributed by atoms with Gasteiger partial charge in [0, 0.05) is 44.7 Å². The molecule has 0 bridgehead atoms. The molecule has 1 saturated heterocycles. The van der Waals surface area contributed by atoms with E-state index in [9.17, 15) is 4.79 Å². The zero-order chi connectivity index (χ0) is 18.1. The van der Waals surface area contributed by atoms with Crippen molar-refractivity contribution in [2.24, 2.45) is 10.9 Å². The number of hydrogen-bond acceptors (Lipinski definition) is 3. The molecule has 0 aromatic heterocycles. The van der Waals surface area contributed by atoms with E-state index in [2.05, 4.69) is 15.6 Å². The van der Waals surface area contributed by atoms with E-state index in [0.29, 0.717) is 18.4 Å². The first-order chi connectivity index (χ1) is 12.0. The van der Waals surface area contributed by atoms with Crippen LogP contribution in [0.4, 0.5) is 0 Å². The quantitative estimate of drug-likeness (QED) is 0.346. The Morgan fingerprint density at radius 2 is 2.19 bits per heavy atom. The molecule has 8 heteroatoms. The molecule has 1 aliphatic rings. The fraction of sp³-hybridized carbons (Fsp3) is 0.556. The number of hydrogen-bond donors (Lipinski definition) is 2. The van der Waals surface area contributed by atoms with E-state index < -0.39 is 0 Å². The van der Waals surface area contributed by atoms with E-state index in [4.69, 9.17) is 16.3 Å². The van der Waals surface area contributed by atoms with Crippen LogP contribution in [0.5, 0.6) is 0 Å². The molecule has 6 nitrogen and oxygen atoms in total. The highest BCUT2D eigenvalue weighted by Gasteiger charge is 2.16. The van der Waals surface area contributed by atoms with Gasteiger partial charge in [0.05, 0.1) is 6.61 Å². The molecule has 0 radical (unpaired) electrons. The van der Waals surface area contributed by atoms with Gasteiger partial charge in [-0.25, -0.2) is 4.99 Å². The highest BCUT2D eigenvalue weighted by molar-refractivity contribution is 14.0. The average molecular weight is 495 g/mol. The summed E-state index contributed by atoms with van der Waals surface area (Å²) in [5, 5.41) is 7.34. The zero-order valence-electron chi connectivity index (χ0n) is 15.3. The maximum absolute atomic E-state index is 11.8. The second kappa shape index (κ2) is 12.3. The van der Waals surface area contributed by atoms with Crippen LogP contribution in [-0.4, -0.2) is 63.7 Å². The molecule has 1 fully saturated rings.